The maximum atomic E-state index is 12.5. The van der Waals surface area contributed by atoms with Crippen LogP contribution in [0.1, 0.15) is 36.5 Å². The Labute approximate surface area is 209 Å². The maximum Gasteiger partial charge on any atom is 0.490 e. The molecule has 2 N–H and O–H groups in total. The Morgan fingerprint density at radius 1 is 1.00 bits per heavy atom. The fraction of sp³-hybridized carbons (Fsp3) is 0.462. The standard InChI is InChI=1S/C24H32N4O.C2HF3O2/c1-18-5-4-15-28(18)23-14-16-27(17-23)22-12-8-20(9-13-22)25-24(29)19-6-10-21(11-7-19)26(2)3;3-2(4,5)1(6)7/h6-13,18,23H,4-5,14-17H2,1-3H3,(H,25,29);(H,6,7). The second-order valence-electron chi connectivity index (χ2n) is 9.36. The molecule has 2 unspecified atom stereocenters. The number of nitrogens with zero attached hydrogens (tertiary/aromatic N) is 3. The SMILES string of the molecule is CC1CCCN1C1CCN(c2ccc(NC(=O)c3ccc(N(C)C)cc3)cc2)C1.O=C(O)C(F)(F)F. The van der Waals surface area contributed by atoms with Crippen LogP contribution in [0.2, 0.25) is 0 Å². The molecule has 2 saturated heterocycles. The number of amides is 1. The summed E-state index contributed by atoms with van der Waals surface area (Å²) in [4.78, 5) is 28.6. The lowest BCUT2D eigenvalue weighted by Gasteiger charge is -2.28. The van der Waals surface area contributed by atoms with E-state index in [-0.39, 0.29) is 5.91 Å². The molecule has 1 amide bonds. The summed E-state index contributed by atoms with van der Waals surface area (Å²) in [6, 6.07) is 17.3. The summed E-state index contributed by atoms with van der Waals surface area (Å²) in [5, 5.41) is 10.1. The first-order valence-corrected chi connectivity index (χ1v) is 12.0. The van der Waals surface area contributed by atoms with Gasteiger partial charge in [-0.3, -0.25) is 9.69 Å². The van der Waals surface area contributed by atoms with Crippen LogP contribution in [0.15, 0.2) is 48.5 Å². The average Bonchev–Trinajstić information content (AvgIpc) is 3.48. The summed E-state index contributed by atoms with van der Waals surface area (Å²) in [6.07, 6.45) is -1.17. The fourth-order valence-corrected chi connectivity index (χ4v) is 4.61. The third-order valence-corrected chi connectivity index (χ3v) is 6.62. The van der Waals surface area contributed by atoms with Gasteiger partial charge in [0.2, 0.25) is 0 Å². The van der Waals surface area contributed by atoms with Crippen LogP contribution in [0, 0.1) is 0 Å². The van der Waals surface area contributed by atoms with Gasteiger partial charge in [0, 0.05) is 61.9 Å². The number of alkyl halides is 3. The van der Waals surface area contributed by atoms with Gasteiger partial charge in [-0.25, -0.2) is 4.79 Å². The first-order valence-electron chi connectivity index (χ1n) is 12.0. The van der Waals surface area contributed by atoms with Gasteiger partial charge in [0.15, 0.2) is 0 Å². The number of carbonyl (C=O) groups excluding carboxylic acids is 1. The number of likely N-dealkylation sites (tertiary alicyclic amines) is 1. The molecule has 2 heterocycles. The van der Waals surface area contributed by atoms with Crippen LogP contribution in [0.25, 0.3) is 0 Å². The van der Waals surface area contributed by atoms with E-state index in [4.69, 9.17) is 9.90 Å². The number of carbonyl (C=O) groups is 2. The zero-order valence-electron chi connectivity index (χ0n) is 20.8. The Morgan fingerprint density at radius 3 is 2.11 bits per heavy atom. The molecule has 0 aromatic heterocycles. The first-order chi connectivity index (χ1) is 17.0. The monoisotopic (exact) mass is 506 g/mol. The molecular formula is C26H33F3N4O3. The summed E-state index contributed by atoms with van der Waals surface area (Å²) < 4.78 is 31.7. The van der Waals surface area contributed by atoms with Crippen molar-refractivity contribution in [3.63, 3.8) is 0 Å². The van der Waals surface area contributed by atoms with E-state index in [1.54, 1.807) is 0 Å². The van der Waals surface area contributed by atoms with Crippen molar-refractivity contribution in [3.05, 3.63) is 54.1 Å². The van der Waals surface area contributed by atoms with Crippen LogP contribution < -0.4 is 15.1 Å². The highest BCUT2D eigenvalue weighted by Crippen LogP contribution is 2.29. The number of hydrogen-bond donors (Lipinski definition) is 2. The summed E-state index contributed by atoms with van der Waals surface area (Å²) in [7, 11) is 3.98. The van der Waals surface area contributed by atoms with Gasteiger partial charge in [0.25, 0.3) is 5.91 Å². The normalized spacial score (nSPS) is 20.0. The Bertz CT molecular complexity index is 1030. The first kappa shape index (κ1) is 27.3. The molecule has 10 heteroatoms. The van der Waals surface area contributed by atoms with E-state index in [2.05, 4.69) is 34.2 Å². The molecular weight excluding hydrogens is 473 g/mol. The minimum atomic E-state index is -5.08. The number of carboxylic acids is 1. The van der Waals surface area contributed by atoms with Crippen molar-refractivity contribution >= 4 is 28.9 Å². The van der Waals surface area contributed by atoms with E-state index >= 15 is 0 Å². The molecule has 36 heavy (non-hydrogen) atoms. The molecule has 2 aliphatic heterocycles. The van der Waals surface area contributed by atoms with Crippen molar-refractivity contribution in [2.75, 3.05) is 48.8 Å². The molecule has 7 nitrogen and oxygen atoms in total. The minimum Gasteiger partial charge on any atom is -0.475 e. The van der Waals surface area contributed by atoms with E-state index < -0.39 is 12.1 Å². The van der Waals surface area contributed by atoms with Gasteiger partial charge in [0.05, 0.1) is 0 Å². The Morgan fingerprint density at radius 2 is 1.61 bits per heavy atom. The predicted octanol–water partition coefficient (Wildman–Crippen LogP) is 4.70. The zero-order valence-corrected chi connectivity index (χ0v) is 20.8. The highest BCUT2D eigenvalue weighted by atomic mass is 19.4. The van der Waals surface area contributed by atoms with Gasteiger partial charge in [-0.15, -0.1) is 0 Å². The van der Waals surface area contributed by atoms with Gasteiger partial charge in [-0.1, -0.05) is 0 Å². The Balaban J connectivity index is 0.000000454. The van der Waals surface area contributed by atoms with Crippen molar-refractivity contribution < 1.29 is 27.9 Å². The van der Waals surface area contributed by atoms with Gasteiger partial charge in [-0.05, 0) is 81.3 Å². The molecule has 2 aromatic carbocycles. The van der Waals surface area contributed by atoms with Crippen LogP contribution >= 0.6 is 0 Å². The molecule has 4 rings (SSSR count). The third kappa shape index (κ3) is 7.13. The van der Waals surface area contributed by atoms with E-state index in [1.165, 1.54) is 31.5 Å². The smallest absolute Gasteiger partial charge is 0.475 e. The predicted molar refractivity (Wildman–Crippen MR) is 135 cm³/mol. The lowest BCUT2D eigenvalue weighted by Crippen LogP contribution is -2.39. The van der Waals surface area contributed by atoms with E-state index in [0.717, 1.165) is 30.5 Å². The Kier molecular flexibility index (Phi) is 8.84. The second-order valence-corrected chi connectivity index (χ2v) is 9.36. The number of benzene rings is 2. The van der Waals surface area contributed by atoms with Crippen molar-refractivity contribution in [1.29, 1.82) is 0 Å². The van der Waals surface area contributed by atoms with E-state index in [9.17, 15) is 18.0 Å². The molecule has 0 saturated carbocycles. The average molecular weight is 507 g/mol. The minimum absolute atomic E-state index is 0.0766. The largest absolute Gasteiger partial charge is 0.490 e. The van der Waals surface area contributed by atoms with Crippen LogP contribution in [-0.4, -0.2) is 73.9 Å². The lowest BCUT2D eigenvalue weighted by atomic mass is 10.1. The number of hydrogen-bond acceptors (Lipinski definition) is 5. The molecule has 2 aromatic rings. The Hall–Kier alpha value is -3.27. The van der Waals surface area contributed by atoms with Crippen LogP contribution in [0.3, 0.4) is 0 Å². The highest BCUT2D eigenvalue weighted by molar-refractivity contribution is 6.04. The van der Waals surface area contributed by atoms with Gasteiger partial charge >= 0.3 is 12.1 Å². The van der Waals surface area contributed by atoms with Crippen LogP contribution in [0.4, 0.5) is 30.2 Å². The maximum absolute atomic E-state index is 12.5. The van der Waals surface area contributed by atoms with E-state index in [0.29, 0.717) is 11.6 Å². The van der Waals surface area contributed by atoms with Gasteiger partial charge < -0.3 is 20.2 Å². The van der Waals surface area contributed by atoms with Gasteiger partial charge in [-0.2, -0.15) is 13.2 Å². The molecule has 0 bridgehead atoms. The number of carboxylic acid groups (broad SMARTS) is 1. The van der Waals surface area contributed by atoms with Crippen LogP contribution in [0.5, 0.6) is 0 Å². The summed E-state index contributed by atoms with van der Waals surface area (Å²) in [5.74, 6) is -2.83. The number of anilines is 3. The summed E-state index contributed by atoms with van der Waals surface area (Å²) in [5.41, 5.74) is 3.83. The number of halogens is 3. The third-order valence-electron chi connectivity index (χ3n) is 6.62. The lowest BCUT2D eigenvalue weighted by molar-refractivity contribution is -0.192. The molecule has 2 aliphatic rings. The fourth-order valence-electron chi connectivity index (χ4n) is 4.61. The quantitative estimate of drug-likeness (QED) is 0.612. The van der Waals surface area contributed by atoms with Crippen LogP contribution in [-0.2, 0) is 4.79 Å². The number of aliphatic carboxylic acids is 1. The second kappa shape index (κ2) is 11.6. The van der Waals surface area contributed by atoms with Crippen molar-refractivity contribution in [2.24, 2.45) is 0 Å². The topological polar surface area (TPSA) is 76.1 Å². The molecule has 2 atom stereocenters. The molecule has 196 valence electrons. The molecule has 0 aliphatic carbocycles. The number of nitrogens with one attached hydrogen (secondary N) is 1. The van der Waals surface area contributed by atoms with Gasteiger partial charge in [0.1, 0.15) is 0 Å². The molecule has 2 fully saturated rings. The van der Waals surface area contributed by atoms with Crippen molar-refractivity contribution in [3.8, 4) is 0 Å². The molecule has 0 spiro atoms. The van der Waals surface area contributed by atoms with E-state index in [1.807, 2.05) is 55.4 Å². The molecule has 0 radical (unpaired) electrons. The number of rotatable bonds is 5. The highest BCUT2D eigenvalue weighted by Gasteiger charge is 2.38. The van der Waals surface area contributed by atoms with Crippen molar-refractivity contribution in [2.45, 2.75) is 44.4 Å². The summed E-state index contributed by atoms with van der Waals surface area (Å²) in [6.45, 7) is 5.83. The zero-order chi connectivity index (χ0) is 26.5. The van der Waals surface area contributed by atoms with Crippen molar-refractivity contribution in [1.82, 2.24) is 4.90 Å². The summed E-state index contributed by atoms with van der Waals surface area (Å²) >= 11 is 0.